The van der Waals surface area contributed by atoms with Crippen molar-refractivity contribution in [3.05, 3.63) is 60.1 Å². The van der Waals surface area contributed by atoms with Crippen molar-refractivity contribution in [2.75, 3.05) is 6.16 Å². The lowest BCUT2D eigenvalue weighted by Crippen LogP contribution is -1.93. The molecule has 1 aromatic rings. The highest BCUT2D eigenvalue weighted by Gasteiger charge is 2.08. The third-order valence-corrected chi connectivity index (χ3v) is 6.06. The molecule has 1 atom stereocenters. The minimum Gasteiger partial charge on any atom is -0.0904 e. The van der Waals surface area contributed by atoms with Crippen LogP contribution in [0, 0.1) is 6.42 Å². The molecule has 2 rings (SSSR count). The van der Waals surface area contributed by atoms with Crippen LogP contribution in [-0.2, 0) is 0 Å². The number of hydrogen-bond acceptors (Lipinski definition) is 0. The fraction of sp³-hybridized carbons (Fsp3) is 0.522. The van der Waals surface area contributed by atoms with Crippen molar-refractivity contribution in [2.24, 2.45) is 0 Å². The summed E-state index contributed by atoms with van der Waals surface area (Å²) in [7, 11) is 1.00. The lowest BCUT2D eigenvalue weighted by atomic mass is 9.99. The normalized spacial score (nSPS) is 14.4. The van der Waals surface area contributed by atoms with Crippen molar-refractivity contribution in [2.45, 2.75) is 71.1 Å². The van der Waals surface area contributed by atoms with Crippen molar-refractivity contribution >= 4 is 13.9 Å². The molecule has 0 N–H and O–H groups in total. The Bertz CT molecular complexity index is 498. The zero-order valence-corrected chi connectivity index (χ0v) is 16.4. The topological polar surface area (TPSA) is 0 Å². The molecule has 1 aromatic carbocycles. The summed E-state index contributed by atoms with van der Waals surface area (Å²) in [6.07, 6.45) is 22.0. The zero-order chi connectivity index (χ0) is 16.9. The first-order valence-electron chi connectivity index (χ1n) is 9.91. The van der Waals surface area contributed by atoms with Crippen LogP contribution < -0.4 is 5.30 Å². The van der Waals surface area contributed by atoms with E-state index in [0.717, 1.165) is 8.58 Å². The quantitative estimate of drug-likeness (QED) is 0.268. The summed E-state index contributed by atoms with van der Waals surface area (Å²) in [5.41, 5.74) is 3.20. The molecule has 1 heteroatoms. The van der Waals surface area contributed by atoms with Gasteiger partial charge in [-0.05, 0) is 49.1 Å². The molecule has 0 spiro atoms. The van der Waals surface area contributed by atoms with Crippen LogP contribution in [0.1, 0.15) is 71.1 Å². The van der Waals surface area contributed by atoms with Gasteiger partial charge in [0.15, 0.2) is 0 Å². The van der Waals surface area contributed by atoms with Gasteiger partial charge in [-0.15, -0.1) is 0 Å². The lowest BCUT2D eigenvalue weighted by Gasteiger charge is -2.06. The molecule has 0 saturated heterocycles. The van der Waals surface area contributed by atoms with E-state index in [1.54, 1.807) is 11.1 Å². The predicted molar refractivity (Wildman–Crippen MR) is 112 cm³/mol. The van der Waals surface area contributed by atoms with E-state index in [1.165, 1.54) is 75.7 Å². The first-order chi connectivity index (χ1) is 11.9. The monoisotopic (exact) mass is 341 g/mol. The van der Waals surface area contributed by atoms with E-state index >= 15 is 0 Å². The maximum atomic E-state index is 2.51. The van der Waals surface area contributed by atoms with Crippen molar-refractivity contribution in [1.29, 1.82) is 0 Å². The fourth-order valence-electron chi connectivity index (χ4n) is 3.34. The van der Waals surface area contributed by atoms with Crippen LogP contribution in [0.25, 0.3) is 0 Å². The molecule has 1 unspecified atom stereocenters. The van der Waals surface area contributed by atoms with Crippen LogP contribution in [0.15, 0.2) is 53.6 Å². The van der Waals surface area contributed by atoms with Crippen molar-refractivity contribution in [1.82, 2.24) is 0 Å². The van der Waals surface area contributed by atoms with E-state index in [0.29, 0.717) is 0 Å². The third kappa shape index (κ3) is 7.80. The van der Waals surface area contributed by atoms with Gasteiger partial charge in [0, 0.05) is 0 Å². The zero-order valence-electron chi connectivity index (χ0n) is 15.4. The van der Waals surface area contributed by atoms with E-state index in [1.807, 2.05) is 0 Å². The first kappa shape index (κ1) is 19.5. The van der Waals surface area contributed by atoms with Gasteiger partial charge in [-0.2, -0.15) is 0 Å². The maximum Gasteiger partial charge on any atom is -0.0127 e. The number of allylic oxidation sites excluding steroid dienone is 4. The number of rotatable bonds is 13. The van der Waals surface area contributed by atoms with Crippen molar-refractivity contribution in [3.8, 4) is 0 Å². The molecule has 0 fully saturated rings. The van der Waals surface area contributed by atoms with Crippen LogP contribution >= 0.6 is 8.58 Å². The number of benzene rings is 1. The Morgan fingerprint density at radius 2 is 1.71 bits per heavy atom. The minimum absolute atomic E-state index is 1.00. The van der Waals surface area contributed by atoms with Crippen LogP contribution in [0.4, 0.5) is 0 Å². The van der Waals surface area contributed by atoms with Gasteiger partial charge in [0.25, 0.3) is 0 Å². The lowest BCUT2D eigenvalue weighted by molar-refractivity contribution is 0.607. The highest BCUT2D eigenvalue weighted by atomic mass is 31.1. The third-order valence-electron chi connectivity index (χ3n) is 4.71. The van der Waals surface area contributed by atoms with Crippen LogP contribution in [0.3, 0.4) is 0 Å². The average molecular weight is 341 g/mol. The van der Waals surface area contributed by atoms with E-state index in [9.17, 15) is 0 Å². The Kier molecular flexibility index (Phi) is 10.1. The Hall–Kier alpha value is -0.870. The molecule has 24 heavy (non-hydrogen) atoms. The van der Waals surface area contributed by atoms with E-state index < -0.39 is 0 Å². The number of hydrogen-bond donors (Lipinski definition) is 0. The summed E-state index contributed by atoms with van der Waals surface area (Å²) < 4.78 is 0. The van der Waals surface area contributed by atoms with E-state index in [2.05, 4.69) is 55.8 Å². The fourth-order valence-corrected chi connectivity index (χ4v) is 4.48. The van der Waals surface area contributed by atoms with Crippen LogP contribution in [0.5, 0.6) is 0 Å². The number of unbranched alkanes of at least 4 members (excludes halogenated alkanes) is 6. The van der Waals surface area contributed by atoms with Crippen molar-refractivity contribution in [3.63, 3.8) is 0 Å². The second kappa shape index (κ2) is 12.5. The molecule has 1 radical (unpaired) electrons. The van der Waals surface area contributed by atoms with Gasteiger partial charge in [0.1, 0.15) is 0 Å². The van der Waals surface area contributed by atoms with Gasteiger partial charge < -0.3 is 0 Å². The smallest absolute Gasteiger partial charge is 0.0127 e. The highest BCUT2D eigenvalue weighted by molar-refractivity contribution is 7.47. The second-order valence-corrected chi connectivity index (χ2v) is 8.24. The molecular formula is C23H34P. The molecule has 0 amide bonds. The van der Waals surface area contributed by atoms with Gasteiger partial charge in [-0.25, -0.2) is 0 Å². The van der Waals surface area contributed by atoms with Gasteiger partial charge in [0.2, 0.25) is 0 Å². The van der Waals surface area contributed by atoms with Crippen molar-refractivity contribution < 1.29 is 0 Å². The molecule has 1 aliphatic carbocycles. The van der Waals surface area contributed by atoms with E-state index in [-0.39, 0.29) is 0 Å². The second-order valence-electron chi connectivity index (χ2n) is 6.81. The van der Waals surface area contributed by atoms with Gasteiger partial charge in [0.05, 0.1) is 0 Å². The maximum absolute atomic E-state index is 2.51. The van der Waals surface area contributed by atoms with E-state index in [4.69, 9.17) is 0 Å². The molecule has 0 aromatic heterocycles. The Labute approximate surface area is 151 Å². The van der Waals surface area contributed by atoms with Gasteiger partial charge >= 0.3 is 0 Å². The predicted octanol–water partition coefficient (Wildman–Crippen LogP) is 6.98. The standard InChI is InChI=1S/C23H34P/c1-2-14-21-16-13-17-22(21)15-9-6-4-3-5-7-12-20-24-23-18-10-8-11-19-23/h8,10-11,13,15-16,18-19,24H,2-7,9,12,14,17,20H2,1H3. The molecule has 0 aliphatic heterocycles. The first-order valence-corrected chi connectivity index (χ1v) is 11.1. The van der Waals surface area contributed by atoms with Gasteiger partial charge in [-0.1, -0.05) is 102 Å². The molecule has 1 aliphatic rings. The van der Waals surface area contributed by atoms with Crippen LogP contribution in [-0.4, -0.2) is 6.16 Å². The minimum atomic E-state index is 1.00. The molecule has 0 saturated carbocycles. The summed E-state index contributed by atoms with van der Waals surface area (Å²) in [4.78, 5) is 0. The highest BCUT2D eigenvalue weighted by Crippen LogP contribution is 2.26. The Morgan fingerprint density at radius 1 is 0.958 bits per heavy atom. The summed E-state index contributed by atoms with van der Waals surface area (Å²) in [6, 6.07) is 10.9. The van der Waals surface area contributed by atoms with Crippen LogP contribution in [0.2, 0.25) is 0 Å². The molecule has 0 heterocycles. The molecule has 0 nitrogen and oxygen atoms in total. The molecule has 0 bridgehead atoms. The summed E-state index contributed by atoms with van der Waals surface area (Å²) in [5.74, 6) is 0. The SMILES string of the molecule is CCCC1=C([CH]CCCCCCCCPc2ccccc2)CC=C1. The largest absolute Gasteiger partial charge is 0.0904 e. The summed E-state index contributed by atoms with van der Waals surface area (Å²) >= 11 is 0. The van der Waals surface area contributed by atoms with Gasteiger partial charge in [-0.3, -0.25) is 0 Å². The Morgan fingerprint density at radius 3 is 2.50 bits per heavy atom. The summed E-state index contributed by atoms with van der Waals surface area (Å²) in [5, 5.41) is 1.52. The summed E-state index contributed by atoms with van der Waals surface area (Å²) in [6.45, 7) is 2.27. The molecule has 131 valence electrons. The Balaban J connectivity index is 1.40. The average Bonchev–Trinajstić information content (AvgIpc) is 3.05. The molecular weight excluding hydrogens is 307 g/mol.